The summed E-state index contributed by atoms with van der Waals surface area (Å²) in [6, 6.07) is 0. The molecular weight excluding hydrogens is 572 g/mol. The van der Waals surface area contributed by atoms with Gasteiger partial charge < -0.3 is 20.1 Å². The molecule has 0 fully saturated rings. The Labute approximate surface area is 283 Å². The number of carboxylic acids is 1. The normalized spacial score (nSPS) is 14.0. The number of allylic oxidation sites excluding steroid dienone is 12. The molecule has 0 aromatic heterocycles. The van der Waals surface area contributed by atoms with Crippen LogP contribution in [-0.2, 0) is 9.53 Å². The molecule has 0 spiro atoms. The molecule has 0 rings (SSSR count). The average molecular weight is 643 g/mol. The first kappa shape index (κ1) is 43.8. The summed E-state index contributed by atoms with van der Waals surface area (Å²) in [5.74, 6) is -0.692. The lowest BCUT2D eigenvalue weighted by atomic mass is 10.0. The van der Waals surface area contributed by atoms with E-state index in [1.54, 1.807) is 0 Å². The van der Waals surface area contributed by atoms with E-state index in [4.69, 9.17) is 9.84 Å². The summed E-state index contributed by atoms with van der Waals surface area (Å²) in [4.78, 5) is 10.5. The van der Waals surface area contributed by atoms with Crippen molar-refractivity contribution in [2.45, 2.75) is 167 Å². The van der Waals surface area contributed by atoms with Gasteiger partial charge in [0.1, 0.15) is 6.10 Å². The Morgan fingerprint density at radius 1 is 0.565 bits per heavy atom. The zero-order chi connectivity index (χ0) is 33.6. The van der Waals surface area contributed by atoms with Crippen molar-refractivity contribution in [2.24, 2.45) is 0 Å². The van der Waals surface area contributed by atoms with Crippen LogP contribution in [0.25, 0.3) is 0 Å². The van der Waals surface area contributed by atoms with E-state index < -0.39 is 18.2 Å². The van der Waals surface area contributed by atoms with Gasteiger partial charge in [-0.1, -0.05) is 125 Å². The average Bonchev–Trinajstić information content (AvgIpc) is 3.05. The highest BCUT2D eigenvalue weighted by atomic mass is 16.5. The van der Waals surface area contributed by atoms with E-state index >= 15 is 0 Å². The number of ether oxygens (including phenoxy) is 1. The molecule has 0 saturated carbocycles. The van der Waals surface area contributed by atoms with Gasteiger partial charge in [-0.2, -0.15) is 0 Å². The standard InChI is InChI=1S/C41H70O5/c1-2-3-4-5-6-7-8-9-10-11-12-16-19-22-25-28-31-34-37-46-40(38-42)39(43)35-32-29-26-23-20-17-14-13-15-18-21-24-27-30-33-36-41(44)45/h6-7,9-10,12-13,15-17,20,22,25,39-40,42-43H,2-5,8,11,14,18-19,21,23-24,26-38H2,1H3,(H,44,45). The highest BCUT2D eigenvalue weighted by Crippen LogP contribution is 2.12. The third kappa shape index (κ3) is 34.7. The fourth-order valence-corrected chi connectivity index (χ4v) is 5.00. The second kappa shape index (κ2) is 37.2. The number of carboxylic acid groups (broad SMARTS) is 1. The van der Waals surface area contributed by atoms with Crippen molar-refractivity contribution < 1.29 is 24.9 Å². The highest BCUT2D eigenvalue weighted by Gasteiger charge is 2.18. The number of unbranched alkanes of at least 4 members (excludes halogenated alkanes) is 13. The first-order valence-corrected chi connectivity index (χ1v) is 18.6. The van der Waals surface area contributed by atoms with Crippen LogP contribution in [0.2, 0.25) is 0 Å². The van der Waals surface area contributed by atoms with Gasteiger partial charge in [0, 0.05) is 13.0 Å². The fourth-order valence-electron chi connectivity index (χ4n) is 5.00. The Morgan fingerprint density at radius 3 is 1.46 bits per heavy atom. The zero-order valence-electron chi connectivity index (χ0n) is 29.4. The Morgan fingerprint density at radius 2 is 0.978 bits per heavy atom. The van der Waals surface area contributed by atoms with Crippen LogP contribution < -0.4 is 0 Å². The molecule has 5 nitrogen and oxygen atoms in total. The topological polar surface area (TPSA) is 87.0 Å². The summed E-state index contributed by atoms with van der Waals surface area (Å²) in [7, 11) is 0. The van der Waals surface area contributed by atoms with Crippen LogP contribution in [0.1, 0.15) is 155 Å². The smallest absolute Gasteiger partial charge is 0.303 e. The van der Waals surface area contributed by atoms with Gasteiger partial charge in [-0.15, -0.1) is 0 Å². The van der Waals surface area contributed by atoms with Crippen molar-refractivity contribution >= 4 is 5.97 Å². The number of carbonyl (C=O) groups is 1. The fraction of sp³-hybridized carbons (Fsp3) is 0.683. The minimum Gasteiger partial charge on any atom is -0.481 e. The van der Waals surface area contributed by atoms with Crippen LogP contribution >= 0.6 is 0 Å². The number of hydrogen-bond acceptors (Lipinski definition) is 4. The van der Waals surface area contributed by atoms with Gasteiger partial charge in [0.15, 0.2) is 0 Å². The SMILES string of the molecule is CCCCCC=CCC=CCC=CCC=CCCCCOC(CO)C(O)CCCCCC=CCC=CCCCCCCCC(=O)O. The van der Waals surface area contributed by atoms with Crippen LogP contribution in [-0.4, -0.2) is 46.7 Å². The van der Waals surface area contributed by atoms with E-state index in [9.17, 15) is 15.0 Å². The second-order valence-electron chi connectivity index (χ2n) is 12.3. The Bertz CT molecular complexity index is 823. The molecule has 0 aliphatic rings. The highest BCUT2D eigenvalue weighted by molar-refractivity contribution is 5.66. The van der Waals surface area contributed by atoms with Crippen molar-refractivity contribution in [1.29, 1.82) is 0 Å². The lowest BCUT2D eigenvalue weighted by Crippen LogP contribution is -2.32. The first-order chi connectivity index (χ1) is 22.6. The number of aliphatic hydroxyl groups excluding tert-OH is 2. The lowest BCUT2D eigenvalue weighted by molar-refractivity contribution is -0.137. The van der Waals surface area contributed by atoms with Crippen molar-refractivity contribution in [2.75, 3.05) is 13.2 Å². The quantitative estimate of drug-likeness (QED) is 0.0480. The summed E-state index contributed by atoms with van der Waals surface area (Å²) in [6.07, 6.45) is 49.4. The van der Waals surface area contributed by atoms with E-state index in [0.29, 0.717) is 19.4 Å². The van der Waals surface area contributed by atoms with Crippen molar-refractivity contribution in [3.8, 4) is 0 Å². The van der Waals surface area contributed by atoms with Gasteiger partial charge in [-0.25, -0.2) is 0 Å². The predicted molar refractivity (Wildman–Crippen MR) is 197 cm³/mol. The minimum atomic E-state index is -0.692. The molecule has 46 heavy (non-hydrogen) atoms. The van der Waals surface area contributed by atoms with Crippen LogP contribution in [0.5, 0.6) is 0 Å². The molecule has 3 N–H and O–H groups in total. The molecule has 5 heteroatoms. The van der Waals surface area contributed by atoms with Crippen LogP contribution in [0.4, 0.5) is 0 Å². The molecule has 0 saturated heterocycles. The Balaban J connectivity index is 3.64. The van der Waals surface area contributed by atoms with Crippen LogP contribution in [0.15, 0.2) is 72.9 Å². The number of aliphatic carboxylic acids is 1. The lowest BCUT2D eigenvalue weighted by Gasteiger charge is -2.21. The number of hydrogen-bond donors (Lipinski definition) is 3. The molecule has 2 unspecified atom stereocenters. The second-order valence-corrected chi connectivity index (χ2v) is 12.3. The minimum absolute atomic E-state index is 0.138. The maximum atomic E-state index is 10.5. The van der Waals surface area contributed by atoms with Gasteiger partial charge >= 0.3 is 5.97 Å². The summed E-state index contributed by atoms with van der Waals surface area (Å²) in [5, 5.41) is 28.7. The summed E-state index contributed by atoms with van der Waals surface area (Å²) in [5.41, 5.74) is 0. The number of aliphatic hydroxyl groups is 2. The molecule has 0 heterocycles. The van der Waals surface area contributed by atoms with E-state index in [1.165, 1.54) is 38.5 Å². The third-order valence-electron chi connectivity index (χ3n) is 7.90. The first-order valence-electron chi connectivity index (χ1n) is 18.6. The molecule has 0 amide bonds. The maximum absolute atomic E-state index is 10.5. The van der Waals surface area contributed by atoms with E-state index in [2.05, 4.69) is 79.8 Å². The van der Waals surface area contributed by atoms with Gasteiger partial charge in [0.2, 0.25) is 0 Å². The summed E-state index contributed by atoms with van der Waals surface area (Å²) in [6.45, 7) is 2.68. The van der Waals surface area contributed by atoms with Gasteiger partial charge in [0.05, 0.1) is 12.7 Å². The Kier molecular flexibility index (Phi) is 35.5. The van der Waals surface area contributed by atoms with E-state index in [0.717, 1.165) is 96.3 Å². The van der Waals surface area contributed by atoms with E-state index in [1.807, 2.05) is 0 Å². The molecule has 0 bridgehead atoms. The van der Waals surface area contributed by atoms with Crippen LogP contribution in [0.3, 0.4) is 0 Å². The Hall–Kier alpha value is -2.21. The third-order valence-corrected chi connectivity index (χ3v) is 7.90. The molecule has 264 valence electrons. The van der Waals surface area contributed by atoms with Crippen molar-refractivity contribution in [3.05, 3.63) is 72.9 Å². The molecular formula is C41H70O5. The van der Waals surface area contributed by atoms with Gasteiger partial charge in [-0.05, 0) is 96.3 Å². The van der Waals surface area contributed by atoms with Gasteiger partial charge in [0.25, 0.3) is 0 Å². The largest absolute Gasteiger partial charge is 0.481 e. The van der Waals surface area contributed by atoms with Gasteiger partial charge in [-0.3, -0.25) is 4.79 Å². The maximum Gasteiger partial charge on any atom is 0.303 e. The molecule has 0 aromatic carbocycles. The molecule has 2 atom stereocenters. The monoisotopic (exact) mass is 643 g/mol. The predicted octanol–water partition coefficient (Wildman–Crippen LogP) is 11.1. The van der Waals surface area contributed by atoms with Crippen LogP contribution in [0, 0.1) is 0 Å². The molecule has 0 aliphatic heterocycles. The molecule has 0 radical (unpaired) electrons. The zero-order valence-corrected chi connectivity index (χ0v) is 29.4. The van der Waals surface area contributed by atoms with E-state index in [-0.39, 0.29) is 6.61 Å². The van der Waals surface area contributed by atoms with Crippen molar-refractivity contribution in [3.63, 3.8) is 0 Å². The molecule has 0 aliphatic carbocycles. The summed E-state index contributed by atoms with van der Waals surface area (Å²) >= 11 is 0. The molecule has 0 aromatic rings. The van der Waals surface area contributed by atoms with Crippen molar-refractivity contribution in [1.82, 2.24) is 0 Å². The number of rotatable bonds is 34. The summed E-state index contributed by atoms with van der Waals surface area (Å²) < 4.78 is 5.79.